The largest absolute Gasteiger partial charge is 0.455 e. The van der Waals surface area contributed by atoms with Gasteiger partial charge in [0.05, 0.1) is 11.0 Å². The van der Waals surface area contributed by atoms with Crippen molar-refractivity contribution in [3.05, 3.63) is 182 Å². The van der Waals surface area contributed by atoms with Crippen LogP contribution in [0.5, 0.6) is 0 Å². The molecule has 0 aliphatic carbocycles. The van der Waals surface area contributed by atoms with Crippen LogP contribution in [0.4, 0.5) is 0 Å². The van der Waals surface area contributed by atoms with Gasteiger partial charge in [0.25, 0.3) is 0 Å². The Morgan fingerprint density at radius 1 is 0.404 bits per heavy atom. The van der Waals surface area contributed by atoms with Crippen molar-refractivity contribution in [2.75, 3.05) is 0 Å². The Kier molecular flexibility index (Phi) is 7.03. The van der Waals surface area contributed by atoms with Gasteiger partial charge < -0.3 is 8.98 Å². The Balaban J connectivity index is 1.08. The van der Waals surface area contributed by atoms with Crippen LogP contribution in [0.3, 0.4) is 0 Å². The minimum Gasteiger partial charge on any atom is -0.455 e. The van der Waals surface area contributed by atoms with Crippen LogP contribution in [0.25, 0.3) is 115 Å². The Hall–Kier alpha value is -7.41. The van der Waals surface area contributed by atoms with Gasteiger partial charge in [-0.25, -0.2) is 15.0 Å². The van der Waals surface area contributed by atoms with Gasteiger partial charge in [-0.05, 0) is 48.0 Å². The Morgan fingerprint density at radius 3 is 1.60 bits per heavy atom. The molecule has 0 saturated carbocycles. The molecule has 0 bridgehead atoms. The number of hydrogen-bond donors (Lipinski definition) is 0. The summed E-state index contributed by atoms with van der Waals surface area (Å²) >= 11 is 1.79. The zero-order valence-electron chi connectivity index (χ0n) is 30.4. The first-order valence-corrected chi connectivity index (χ1v) is 19.8. The van der Waals surface area contributed by atoms with E-state index in [1.807, 2.05) is 60.7 Å². The molecule has 0 spiro atoms. The lowest BCUT2D eigenvalue weighted by Crippen LogP contribution is -2.00. The number of benzene rings is 8. The maximum absolute atomic E-state index is 6.83. The van der Waals surface area contributed by atoms with Gasteiger partial charge in [-0.2, -0.15) is 0 Å². The molecule has 0 aliphatic heterocycles. The predicted molar refractivity (Wildman–Crippen MR) is 236 cm³/mol. The summed E-state index contributed by atoms with van der Waals surface area (Å²) in [6.07, 6.45) is 0. The molecule has 0 unspecified atom stereocenters. The molecular weight excluding hydrogens is 717 g/mol. The quantitative estimate of drug-likeness (QED) is 0.176. The fourth-order valence-electron chi connectivity index (χ4n) is 8.54. The maximum Gasteiger partial charge on any atom is 0.164 e. The van der Waals surface area contributed by atoms with Crippen LogP contribution in [-0.2, 0) is 0 Å². The molecule has 0 N–H and O–H groups in total. The third-order valence-corrected chi connectivity index (χ3v) is 12.2. The van der Waals surface area contributed by atoms with E-state index >= 15 is 0 Å². The molecule has 0 fully saturated rings. The molecule has 0 aliphatic rings. The van der Waals surface area contributed by atoms with E-state index in [0.717, 1.165) is 66.2 Å². The molecule has 4 aromatic heterocycles. The Labute approximate surface area is 330 Å². The summed E-state index contributed by atoms with van der Waals surface area (Å²) in [5, 5.41) is 6.94. The highest BCUT2D eigenvalue weighted by atomic mass is 32.1. The van der Waals surface area contributed by atoms with E-state index in [-0.39, 0.29) is 0 Å². The normalized spacial score (nSPS) is 11.9. The zero-order chi connectivity index (χ0) is 37.5. The van der Waals surface area contributed by atoms with E-state index < -0.39 is 0 Å². The summed E-state index contributed by atoms with van der Waals surface area (Å²) in [5.41, 5.74) is 10.2. The van der Waals surface area contributed by atoms with E-state index in [1.165, 1.54) is 31.2 Å². The minimum absolute atomic E-state index is 0.641. The first kappa shape index (κ1) is 31.9. The molecule has 57 heavy (non-hydrogen) atoms. The van der Waals surface area contributed by atoms with Crippen molar-refractivity contribution in [2.24, 2.45) is 0 Å². The van der Waals surface area contributed by atoms with Crippen LogP contribution < -0.4 is 0 Å². The van der Waals surface area contributed by atoms with Crippen molar-refractivity contribution in [1.29, 1.82) is 0 Å². The minimum atomic E-state index is 0.641. The van der Waals surface area contributed by atoms with E-state index in [2.05, 4.69) is 126 Å². The molecule has 8 aromatic carbocycles. The fraction of sp³-hybridized carbons (Fsp3) is 0. The van der Waals surface area contributed by atoms with Gasteiger partial charge in [-0.1, -0.05) is 140 Å². The predicted octanol–water partition coefficient (Wildman–Crippen LogP) is 13.9. The van der Waals surface area contributed by atoms with Crippen molar-refractivity contribution < 1.29 is 4.42 Å². The standard InChI is InChI=1S/C51H30N4OS/c1-3-14-31(15-4-1)49-52-50(32-16-5-2-6-17-32)54-51(53-49)39-23-13-27-45-47(39)46-36(20-12-26-44(46)57-45)37-21-11-22-38-40-30-33(28-29-43(40)56-48(37)38)55-41-24-9-7-18-34(41)35-19-8-10-25-42(35)55/h1-30H. The number of thiophene rings is 1. The lowest BCUT2D eigenvalue weighted by Gasteiger charge is -2.11. The average Bonchev–Trinajstić information content (AvgIpc) is 3.96. The number of nitrogens with zero attached hydrogens (tertiary/aromatic N) is 4. The highest BCUT2D eigenvalue weighted by Crippen LogP contribution is 2.46. The van der Waals surface area contributed by atoms with Crippen LogP contribution in [0.15, 0.2) is 186 Å². The topological polar surface area (TPSA) is 56.7 Å². The molecule has 0 saturated heterocycles. The summed E-state index contributed by atoms with van der Waals surface area (Å²) in [6.45, 7) is 0. The highest BCUT2D eigenvalue weighted by Gasteiger charge is 2.22. The zero-order valence-corrected chi connectivity index (χ0v) is 31.2. The number of aromatic nitrogens is 4. The highest BCUT2D eigenvalue weighted by molar-refractivity contribution is 7.26. The molecule has 0 radical (unpaired) electrons. The SMILES string of the molecule is c1ccc(-c2nc(-c3ccccc3)nc(-c3cccc4sc5cccc(-c6cccc7c6oc6ccc(-n8c9ccccc9c9ccccc98)cc67)c5c34)n2)cc1. The van der Waals surface area contributed by atoms with Crippen LogP contribution in [0.2, 0.25) is 0 Å². The summed E-state index contributed by atoms with van der Waals surface area (Å²) < 4.78 is 11.6. The summed E-state index contributed by atoms with van der Waals surface area (Å²) in [4.78, 5) is 15.3. The van der Waals surface area contributed by atoms with Crippen LogP contribution >= 0.6 is 11.3 Å². The number of hydrogen-bond acceptors (Lipinski definition) is 5. The number of para-hydroxylation sites is 3. The number of furan rings is 1. The van der Waals surface area contributed by atoms with E-state index in [1.54, 1.807) is 11.3 Å². The Morgan fingerprint density at radius 2 is 0.930 bits per heavy atom. The van der Waals surface area contributed by atoms with Gasteiger partial charge in [0.1, 0.15) is 11.2 Å². The van der Waals surface area contributed by atoms with Crippen molar-refractivity contribution in [3.63, 3.8) is 0 Å². The van der Waals surface area contributed by atoms with Crippen molar-refractivity contribution in [2.45, 2.75) is 0 Å². The van der Waals surface area contributed by atoms with Crippen LogP contribution in [-0.4, -0.2) is 19.5 Å². The van der Waals surface area contributed by atoms with Gasteiger partial charge >= 0.3 is 0 Å². The fourth-order valence-corrected chi connectivity index (χ4v) is 9.70. The number of rotatable bonds is 5. The summed E-state index contributed by atoms with van der Waals surface area (Å²) in [6, 6.07) is 63.7. The molecule has 12 aromatic rings. The lowest BCUT2D eigenvalue weighted by atomic mass is 9.95. The van der Waals surface area contributed by atoms with Gasteiger partial charge in [-0.15, -0.1) is 11.3 Å². The van der Waals surface area contributed by atoms with E-state index in [4.69, 9.17) is 19.4 Å². The second-order valence-electron chi connectivity index (χ2n) is 14.3. The average molecular weight is 747 g/mol. The van der Waals surface area contributed by atoms with Crippen molar-refractivity contribution in [1.82, 2.24) is 19.5 Å². The smallest absolute Gasteiger partial charge is 0.164 e. The van der Waals surface area contributed by atoms with Crippen LogP contribution in [0.1, 0.15) is 0 Å². The number of fused-ring (bicyclic) bond motifs is 9. The van der Waals surface area contributed by atoms with Gasteiger partial charge in [0.15, 0.2) is 17.5 Å². The van der Waals surface area contributed by atoms with Gasteiger partial charge in [-0.3, -0.25) is 0 Å². The second kappa shape index (κ2) is 12.6. The van der Waals surface area contributed by atoms with E-state index in [9.17, 15) is 0 Å². The first-order chi connectivity index (χ1) is 28.3. The van der Waals surface area contributed by atoms with Crippen LogP contribution in [0, 0.1) is 0 Å². The molecule has 4 heterocycles. The monoisotopic (exact) mass is 746 g/mol. The second-order valence-corrected chi connectivity index (χ2v) is 15.4. The molecule has 6 heteroatoms. The first-order valence-electron chi connectivity index (χ1n) is 19.0. The van der Waals surface area contributed by atoms with Crippen molar-refractivity contribution >= 4 is 75.3 Å². The van der Waals surface area contributed by atoms with Gasteiger partial charge in [0.2, 0.25) is 0 Å². The molecule has 12 rings (SSSR count). The molecule has 0 atom stereocenters. The Bertz CT molecular complexity index is 3420. The van der Waals surface area contributed by atoms with E-state index in [0.29, 0.717) is 17.5 Å². The lowest BCUT2D eigenvalue weighted by molar-refractivity contribution is 0.670. The third-order valence-electron chi connectivity index (χ3n) is 11.1. The summed E-state index contributed by atoms with van der Waals surface area (Å²) in [5.74, 6) is 1.93. The molecular formula is C51H30N4OS. The summed E-state index contributed by atoms with van der Waals surface area (Å²) in [7, 11) is 0. The molecule has 5 nitrogen and oxygen atoms in total. The third kappa shape index (κ3) is 4.98. The molecule has 266 valence electrons. The maximum atomic E-state index is 6.83. The van der Waals surface area contributed by atoms with Crippen molar-refractivity contribution in [3.8, 4) is 51.0 Å². The molecule has 0 amide bonds. The van der Waals surface area contributed by atoms with Gasteiger partial charge in [0, 0.05) is 69.7 Å².